The first kappa shape index (κ1) is 20.3. The van der Waals surface area contributed by atoms with Crippen molar-refractivity contribution in [2.24, 2.45) is 5.73 Å². The third kappa shape index (κ3) is 3.87. The number of nitrogens with one attached hydrogen (secondary N) is 1. The summed E-state index contributed by atoms with van der Waals surface area (Å²) < 4.78 is 15.9. The molecule has 2 aromatic rings. The van der Waals surface area contributed by atoms with Crippen LogP contribution in [-0.4, -0.2) is 38.3 Å². The summed E-state index contributed by atoms with van der Waals surface area (Å²) in [5.41, 5.74) is 7.38. The van der Waals surface area contributed by atoms with E-state index in [0.29, 0.717) is 27.9 Å². The van der Waals surface area contributed by atoms with Crippen molar-refractivity contribution >= 4 is 34.8 Å². The van der Waals surface area contributed by atoms with Crippen LogP contribution < -0.4 is 25.3 Å². The van der Waals surface area contributed by atoms with Crippen molar-refractivity contribution in [2.45, 2.75) is 25.3 Å². The molecule has 1 aromatic heterocycles. The summed E-state index contributed by atoms with van der Waals surface area (Å²) in [6.07, 6.45) is 2.58. The molecule has 0 fully saturated rings. The first-order chi connectivity index (χ1) is 12.1. The van der Waals surface area contributed by atoms with Crippen LogP contribution in [0.3, 0.4) is 0 Å². The third-order valence-electron chi connectivity index (χ3n) is 4.15. The number of halogens is 1. The number of hydrogen-bond acceptors (Lipinski definition) is 7. The molecular formula is C17H22ClN3O4S. The van der Waals surface area contributed by atoms with Crippen LogP contribution in [0, 0.1) is 0 Å². The molecule has 1 aromatic carbocycles. The van der Waals surface area contributed by atoms with E-state index in [1.54, 1.807) is 12.1 Å². The van der Waals surface area contributed by atoms with E-state index >= 15 is 0 Å². The number of carbonyl (C=O) groups excluding carboxylic acids is 1. The monoisotopic (exact) mass is 399 g/mol. The van der Waals surface area contributed by atoms with Crippen molar-refractivity contribution < 1.29 is 19.0 Å². The topological polar surface area (TPSA) is 95.7 Å². The van der Waals surface area contributed by atoms with Gasteiger partial charge in [-0.3, -0.25) is 10.1 Å². The Morgan fingerprint density at radius 1 is 1.23 bits per heavy atom. The number of amides is 1. The molecule has 1 aliphatic rings. The molecule has 1 heterocycles. The Balaban J connectivity index is 0.00000243. The maximum absolute atomic E-state index is 12.7. The van der Waals surface area contributed by atoms with E-state index < -0.39 is 0 Å². The molecule has 3 rings (SSSR count). The fourth-order valence-corrected chi connectivity index (χ4v) is 3.99. The van der Waals surface area contributed by atoms with Gasteiger partial charge in [0.2, 0.25) is 5.75 Å². The van der Waals surface area contributed by atoms with Gasteiger partial charge >= 0.3 is 0 Å². The zero-order valence-electron chi connectivity index (χ0n) is 14.8. The first-order valence-electron chi connectivity index (χ1n) is 7.91. The number of anilines is 1. The Kier molecular flexibility index (Phi) is 6.69. The van der Waals surface area contributed by atoms with Crippen molar-refractivity contribution in [3.63, 3.8) is 0 Å². The molecule has 0 saturated carbocycles. The molecule has 0 radical (unpaired) electrons. The van der Waals surface area contributed by atoms with Crippen LogP contribution in [-0.2, 0) is 12.8 Å². The molecule has 0 unspecified atom stereocenters. The van der Waals surface area contributed by atoms with Gasteiger partial charge in [0.1, 0.15) is 0 Å². The summed E-state index contributed by atoms with van der Waals surface area (Å²) in [5, 5.41) is 3.42. The molecule has 3 N–H and O–H groups in total. The van der Waals surface area contributed by atoms with Gasteiger partial charge in [-0.2, -0.15) is 0 Å². The van der Waals surface area contributed by atoms with Crippen LogP contribution in [0.4, 0.5) is 5.13 Å². The van der Waals surface area contributed by atoms with E-state index in [2.05, 4.69) is 10.3 Å². The van der Waals surface area contributed by atoms with Gasteiger partial charge < -0.3 is 19.9 Å². The standard InChI is InChI=1S/C17H21N3O4S.ClH/c1-22-12-7-5-10(14(23-2)15(12)24-3)16(21)20-17-19-11-6-4-9(18)8-13(11)25-17;/h5,7,9H,4,6,8,18H2,1-3H3,(H,19,20,21);1H/t9-;/m0./s1. The first-order valence-corrected chi connectivity index (χ1v) is 8.73. The Morgan fingerprint density at radius 3 is 2.62 bits per heavy atom. The highest BCUT2D eigenvalue weighted by Gasteiger charge is 2.24. The van der Waals surface area contributed by atoms with Gasteiger partial charge in [-0.1, -0.05) is 0 Å². The van der Waals surface area contributed by atoms with Crippen molar-refractivity contribution in [1.82, 2.24) is 4.98 Å². The molecule has 1 aliphatic carbocycles. The zero-order chi connectivity index (χ0) is 18.0. The molecular weight excluding hydrogens is 378 g/mol. The smallest absolute Gasteiger partial charge is 0.261 e. The molecule has 9 heteroatoms. The highest BCUT2D eigenvalue weighted by Crippen LogP contribution is 2.40. The quantitative estimate of drug-likeness (QED) is 0.802. The normalized spacial score (nSPS) is 15.5. The zero-order valence-corrected chi connectivity index (χ0v) is 16.5. The molecule has 142 valence electrons. The van der Waals surface area contributed by atoms with Gasteiger partial charge in [0, 0.05) is 10.9 Å². The van der Waals surface area contributed by atoms with Crippen molar-refractivity contribution in [1.29, 1.82) is 0 Å². The Hall–Kier alpha value is -2.03. The highest BCUT2D eigenvalue weighted by molar-refractivity contribution is 7.15. The molecule has 0 aliphatic heterocycles. The molecule has 1 atom stereocenters. The van der Waals surface area contributed by atoms with E-state index in [9.17, 15) is 4.79 Å². The van der Waals surface area contributed by atoms with Crippen LogP contribution >= 0.6 is 23.7 Å². The number of ether oxygens (including phenoxy) is 3. The lowest BCUT2D eigenvalue weighted by Crippen LogP contribution is -2.27. The molecule has 1 amide bonds. The Bertz CT molecular complexity index is 797. The number of rotatable bonds is 5. The van der Waals surface area contributed by atoms with Crippen LogP contribution in [0.15, 0.2) is 12.1 Å². The van der Waals surface area contributed by atoms with Crippen LogP contribution in [0.5, 0.6) is 17.2 Å². The number of fused-ring (bicyclic) bond motifs is 1. The van der Waals surface area contributed by atoms with Crippen molar-refractivity contribution in [3.8, 4) is 17.2 Å². The van der Waals surface area contributed by atoms with Gasteiger partial charge in [0.25, 0.3) is 5.91 Å². The van der Waals surface area contributed by atoms with Gasteiger partial charge in [-0.25, -0.2) is 4.98 Å². The maximum atomic E-state index is 12.7. The lowest BCUT2D eigenvalue weighted by Gasteiger charge is -2.15. The second-order valence-corrected chi connectivity index (χ2v) is 6.81. The Morgan fingerprint density at radius 2 is 1.96 bits per heavy atom. The van der Waals surface area contributed by atoms with Crippen LogP contribution in [0.1, 0.15) is 27.3 Å². The van der Waals surface area contributed by atoms with Crippen LogP contribution in [0.25, 0.3) is 0 Å². The number of aryl methyl sites for hydroxylation is 1. The molecule has 7 nitrogen and oxygen atoms in total. The third-order valence-corrected chi connectivity index (χ3v) is 5.18. The Labute approximate surface area is 162 Å². The minimum absolute atomic E-state index is 0. The molecule has 0 saturated heterocycles. The van der Waals surface area contributed by atoms with E-state index in [1.165, 1.54) is 32.7 Å². The summed E-state index contributed by atoms with van der Waals surface area (Å²) >= 11 is 1.47. The number of benzene rings is 1. The number of aromatic nitrogens is 1. The summed E-state index contributed by atoms with van der Waals surface area (Å²) in [7, 11) is 4.51. The second-order valence-electron chi connectivity index (χ2n) is 5.73. The predicted molar refractivity (Wildman–Crippen MR) is 103 cm³/mol. The number of carbonyl (C=O) groups is 1. The number of nitrogens with two attached hydrogens (primary N) is 1. The van der Waals surface area contributed by atoms with Gasteiger partial charge in [0.15, 0.2) is 16.6 Å². The lowest BCUT2D eigenvalue weighted by atomic mass is 9.99. The minimum Gasteiger partial charge on any atom is -0.493 e. The predicted octanol–water partition coefficient (Wildman–Crippen LogP) is 2.66. The highest BCUT2D eigenvalue weighted by atomic mass is 35.5. The number of methoxy groups -OCH3 is 3. The minimum atomic E-state index is -0.312. The fraction of sp³-hybridized carbons (Fsp3) is 0.412. The molecule has 0 bridgehead atoms. The fourth-order valence-electron chi connectivity index (χ4n) is 2.90. The summed E-state index contributed by atoms with van der Waals surface area (Å²) in [4.78, 5) is 18.4. The van der Waals surface area contributed by atoms with Gasteiger partial charge in [-0.05, 0) is 31.4 Å². The number of hydrogen-bond donors (Lipinski definition) is 2. The van der Waals surface area contributed by atoms with Crippen molar-refractivity contribution in [2.75, 3.05) is 26.6 Å². The summed E-state index contributed by atoms with van der Waals surface area (Å²) in [5.74, 6) is 0.882. The SMILES string of the molecule is COc1ccc(C(=O)Nc2nc3c(s2)C[C@@H](N)CC3)c(OC)c1OC.Cl. The van der Waals surface area contributed by atoms with Gasteiger partial charge in [-0.15, -0.1) is 23.7 Å². The summed E-state index contributed by atoms with van der Waals surface area (Å²) in [6.45, 7) is 0. The lowest BCUT2D eigenvalue weighted by molar-refractivity contribution is 0.102. The molecule has 0 spiro atoms. The van der Waals surface area contributed by atoms with E-state index in [0.717, 1.165) is 29.8 Å². The number of thiazole rings is 1. The summed E-state index contributed by atoms with van der Waals surface area (Å²) in [6, 6.07) is 3.48. The average molecular weight is 400 g/mol. The van der Waals surface area contributed by atoms with E-state index in [1.807, 2.05) is 0 Å². The van der Waals surface area contributed by atoms with E-state index in [4.69, 9.17) is 19.9 Å². The average Bonchev–Trinajstić information content (AvgIpc) is 3.01. The van der Waals surface area contributed by atoms with Gasteiger partial charge in [0.05, 0.1) is 32.6 Å². The maximum Gasteiger partial charge on any atom is 0.261 e. The number of nitrogens with zero attached hydrogens (tertiary/aromatic N) is 1. The van der Waals surface area contributed by atoms with Crippen LogP contribution in [0.2, 0.25) is 0 Å². The molecule has 26 heavy (non-hydrogen) atoms. The largest absolute Gasteiger partial charge is 0.493 e. The van der Waals surface area contributed by atoms with Crippen molar-refractivity contribution in [3.05, 3.63) is 28.3 Å². The van der Waals surface area contributed by atoms with E-state index in [-0.39, 0.29) is 24.4 Å². The second kappa shape index (κ2) is 8.57.